The van der Waals surface area contributed by atoms with Crippen LogP contribution in [0.1, 0.15) is 105 Å². The van der Waals surface area contributed by atoms with Crippen molar-refractivity contribution in [2.45, 2.75) is 142 Å². The first kappa shape index (κ1) is 35.1. The first-order valence-electron chi connectivity index (χ1n) is 17.9. The van der Waals surface area contributed by atoms with Crippen LogP contribution in [0.3, 0.4) is 0 Å². The molecule has 0 aromatic heterocycles. The van der Waals surface area contributed by atoms with E-state index in [-0.39, 0.29) is 24.7 Å². The van der Waals surface area contributed by atoms with Gasteiger partial charge in [-0.15, -0.1) is 0 Å². The molecule has 3 saturated carbocycles. The normalized spacial score (nSPS) is 43.6. The molecule has 0 spiro atoms. The number of aliphatic hydroxyl groups is 4. The average Bonchev–Trinajstić information content (AvgIpc) is 3.36. The molecule has 0 radical (unpaired) electrons. The minimum Gasteiger partial charge on any atom is -0.446 e. The van der Waals surface area contributed by atoms with Crippen LogP contribution < -0.4 is 5.32 Å². The van der Waals surface area contributed by atoms with Gasteiger partial charge in [0.2, 0.25) is 0 Å². The Labute approximate surface area is 270 Å². The van der Waals surface area contributed by atoms with Gasteiger partial charge in [-0.3, -0.25) is 0 Å². The van der Waals surface area contributed by atoms with Gasteiger partial charge in [-0.05, 0) is 91.3 Å². The van der Waals surface area contributed by atoms with E-state index < -0.39 is 43.4 Å². The lowest BCUT2D eigenvalue weighted by atomic mass is 9.47. The van der Waals surface area contributed by atoms with Gasteiger partial charge in [0, 0.05) is 13.0 Å². The molecule has 9 nitrogen and oxygen atoms in total. The van der Waals surface area contributed by atoms with Crippen molar-refractivity contribution in [1.29, 1.82) is 0 Å². The van der Waals surface area contributed by atoms with Crippen molar-refractivity contribution >= 4 is 6.09 Å². The highest BCUT2D eigenvalue weighted by Gasteiger charge is 2.59. The predicted octanol–water partition coefficient (Wildman–Crippen LogP) is 4.94. The van der Waals surface area contributed by atoms with Crippen LogP contribution >= 0.6 is 0 Å². The van der Waals surface area contributed by atoms with Crippen LogP contribution in [0.4, 0.5) is 4.79 Å². The van der Waals surface area contributed by atoms with Gasteiger partial charge in [-0.2, -0.15) is 0 Å². The molecule has 13 atom stereocenters. The average molecular weight is 636 g/mol. The topological polar surface area (TPSA) is 138 Å². The van der Waals surface area contributed by atoms with E-state index in [1.165, 1.54) is 56.9 Å². The number of fused-ring (bicyclic) bond motifs is 5. The fraction of sp³-hybridized carbons (Fsp3) is 0.917. The summed E-state index contributed by atoms with van der Waals surface area (Å²) in [5.41, 5.74) is 2.16. The van der Waals surface area contributed by atoms with Crippen LogP contribution in [-0.2, 0) is 14.2 Å². The van der Waals surface area contributed by atoms with Crippen LogP contribution in [-0.4, -0.2) is 83.1 Å². The Morgan fingerprint density at radius 1 is 1.02 bits per heavy atom. The Balaban J connectivity index is 1.09. The quantitative estimate of drug-likeness (QED) is 0.159. The molecule has 9 heteroatoms. The first-order chi connectivity index (χ1) is 21.4. The number of carbonyl (C=O) groups excluding carboxylic acids is 1. The largest absolute Gasteiger partial charge is 0.446 e. The lowest BCUT2D eigenvalue weighted by Crippen LogP contribution is -2.59. The molecule has 45 heavy (non-hydrogen) atoms. The third-order valence-corrected chi connectivity index (χ3v) is 13.0. The second-order valence-electron chi connectivity index (χ2n) is 16.1. The second kappa shape index (κ2) is 14.5. The molecule has 1 saturated heterocycles. The lowest BCUT2D eigenvalue weighted by Gasteiger charge is -2.58. The molecule has 0 bridgehead atoms. The van der Waals surface area contributed by atoms with Crippen molar-refractivity contribution in [1.82, 2.24) is 5.32 Å². The molecule has 4 fully saturated rings. The van der Waals surface area contributed by atoms with Crippen molar-refractivity contribution in [3.8, 4) is 0 Å². The number of aliphatic hydroxyl groups excluding tert-OH is 4. The smallest absolute Gasteiger partial charge is 0.407 e. The van der Waals surface area contributed by atoms with Crippen LogP contribution in [0, 0.1) is 46.3 Å². The fourth-order valence-corrected chi connectivity index (χ4v) is 10.5. The molecule has 4 aliphatic carbocycles. The third-order valence-electron chi connectivity index (χ3n) is 13.0. The Morgan fingerprint density at radius 3 is 2.53 bits per heavy atom. The molecule has 0 aromatic rings. The highest BCUT2D eigenvalue weighted by molar-refractivity contribution is 5.67. The minimum atomic E-state index is -1.50. The second-order valence-corrected chi connectivity index (χ2v) is 16.1. The molecule has 258 valence electrons. The van der Waals surface area contributed by atoms with Gasteiger partial charge in [0.25, 0.3) is 0 Å². The number of hydrogen-bond donors (Lipinski definition) is 5. The van der Waals surface area contributed by atoms with Gasteiger partial charge in [-0.1, -0.05) is 65.5 Å². The number of allylic oxidation sites excluding steroid dienone is 1. The monoisotopic (exact) mass is 635 g/mol. The number of nitrogens with one attached hydrogen (secondary N) is 1. The van der Waals surface area contributed by atoms with Gasteiger partial charge in [0.1, 0.15) is 30.5 Å². The summed E-state index contributed by atoms with van der Waals surface area (Å²) in [6.45, 7) is 12.0. The maximum atomic E-state index is 12.6. The third kappa shape index (κ3) is 7.14. The molecule has 1 amide bonds. The molecule has 1 aliphatic heterocycles. The highest BCUT2D eigenvalue weighted by Crippen LogP contribution is 2.67. The summed E-state index contributed by atoms with van der Waals surface area (Å²) in [5, 5.41) is 42.0. The summed E-state index contributed by atoms with van der Waals surface area (Å²) < 4.78 is 16.6. The fourth-order valence-electron chi connectivity index (χ4n) is 10.5. The first-order valence-corrected chi connectivity index (χ1v) is 17.9. The van der Waals surface area contributed by atoms with E-state index in [4.69, 9.17) is 14.2 Å². The van der Waals surface area contributed by atoms with Gasteiger partial charge < -0.3 is 40.0 Å². The molecular formula is C36H61NO8. The Morgan fingerprint density at radius 2 is 1.80 bits per heavy atom. The van der Waals surface area contributed by atoms with Crippen molar-refractivity contribution in [3.05, 3.63) is 11.6 Å². The molecule has 5 aliphatic rings. The Bertz CT molecular complexity index is 1030. The van der Waals surface area contributed by atoms with Crippen molar-refractivity contribution in [2.75, 3.05) is 19.8 Å². The van der Waals surface area contributed by atoms with Gasteiger partial charge in [-0.25, -0.2) is 4.79 Å². The SMILES string of the molecule is CC(C)CCCC(C)C1CCC2C3CC=C4CC(OC(=O)NCCOC5OC(CO)[C@H](O)C(O)[C@@H]5O)CC[C@]4(C)C3CC[C@]12C. The summed E-state index contributed by atoms with van der Waals surface area (Å²) >= 11 is 0. The van der Waals surface area contributed by atoms with Crippen LogP contribution in [0.2, 0.25) is 0 Å². The molecule has 9 unspecified atom stereocenters. The van der Waals surface area contributed by atoms with Gasteiger partial charge in [0.15, 0.2) is 6.29 Å². The zero-order valence-electron chi connectivity index (χ0n) is 28.3. The molecular weight excluding hydrogens is 574 g/mol. The van der Waals surface area contributed by atoms with E-state index in [0.29, 0.717) is 5.41 Å². The summed E-state index contributed by atoms with van der Waals surface area (Å²) in [6, 6.07) is 0. The predicted molar refractivity (Wildman–Crippen MR) is 171 cm³/mol. The number of ether oxygens (including phenoxy) is 3. The number of amides is 1. The highest BCUT2D eigenvalue weighted by atomic mass is 16.7. The van der Waals surface area contributed by atoms with E-state index >= 15 is 0 Å². The number of rotatable bonds is 11. The van der Waals surface area contributed by atoms with Crippen molar-refractivity contribution in [3.63, 3.8) is 0 Å². The summed E-state index contributed by atoms with van der Waals surface area (Å²) in [7, 11) is 0. The van der Waals surface area contributed by atoms with E-state index in [9.17, 15) is 25.2 Å². The van der Waals surface area contributed by atoms with E-state index in [1.54, 1.807) is 0 Å². The standard InChI is InChI=1S/C36H61NO8/c1-21(2)7-6-8-22(3)26-11-12-27-25-10-9-23-19-24(13-15-35(23,4)28(25)14-16-36(26,27)5)44-34(42)37-17-18-43-33-32(41)31(40)30(39)29(20-38)45-33/h9,21-22,24-33,38-41H,6-8,10-20H2,1-5H3,(H,37,42)/t22?,24?,25?,26?,27?,28?,29?,30-,31?,32-,33?,35-,36+/m0/s1. The summed E-state index contributed by atoms with van der Waals surface area (Å²) in [4.78, 5) is 12.6. The summed E-state index contributed by atoms with van der Waals surface area (Å²) in [5.74, 6) is 4.80. The van der Waals surface area contributed by atoms with Crippen molar-refractivity contribution < 1.29 is 39.4 Å². The number of hydrogen-bond acceptors (Lipinski definition) is 8. The van der Waals surface area contributed by atoms with Gasteiger partial charge >= 0.3 is 6.09 Å². The Kier molecular flexibility index (Phi) is 11.3. The zero-order valence-corrected chi connectivity index (χ0v) is 28.3. The van der Waals surface area contributed by atoms with E-state index in [0.717, 1.165) is 54.8 Å². The molecule has 0 aromatic carbocycles. The van der Waals surface area contributed by atoms with E-state index in [1.807, 2.05) is 0 Å². The van der Waals surface area contributed by atoms with Gasteiger partial charge in [0.05, 0.1) is 13.2 Å². The van der Waals surface area contributed by atoms with E-state index in [2.05, 4.69) is 46.0 Å². The molecule has 1 heterocycles. The maximum Gasteiger partial charge on any atom is 0.407 e. The number of alkyl carbamates (subject to hydrolysis) is 1. The molecule has 5 rings (SSSR count). The number of carbonyl (C=O) groups is 1. The zero-order chi connectivity index (χ0) is 32.5. The maximum absolute atomic E-state index is 12.6. The lowest BCUT2D eigenvalue weighted by molar-refractivity contribution is -0.300. The van der Waals surface area contributed by atoms with Crippen LogP contribution in [0.25, 0.3) is 0 Å². The van der Waals surface area contributed by atoms with Crippen LogP contribution in [0.5, 0.6) is 0 Å². The Hall–Kier alpha value is -1.23. The molecule has 5 N–H and O–H groups in total. The van der Waals surface area contributed by atoms with Crippen molar-refractivity contribution in [2.24, 2.45) is 46.3 Å². The summed E-state index contributed by atoms with van der Waals surface area (Å²) in [6.07, 6.45) is 8.66. The van der Waals surface area contributed by atoms with Crippen LogP contribution in [0.15, 0.2) is 11.6 Å². The minimum absolute atomic E-state index is 0.00637.